The van der Waals surface area contributed by atoms with Gasteiger partial charge in [0.05, 0.1) is 4.90 Å². The third kappa shape index (κ3) is 4.90. The maximum Gasteiger partial charge on any atom is 0.240 e. The van der Waals surface area contributed by atoms with Crippen LogP contribution in [-0.4, -0.2) is 30.7 Å². The molecule has 1 aromatic carbocycles. The van der Waals surface area contributed by atoms with Crippen LogP contribution < -0.4 is 16.0 Å². The third-order valence-corrected chi connectivity index (χ3v) is 5.59. The van der Waals surface area contributed by atoms with Crippen molar-refractivity contribution >= 4 is 26.5 Å². The summed E-state index contributed by atoms with van der Waals surface area (Å²) in [6.45, 7) is 2.09. The topological polar surface area (TPSA) is 101 Å². The summed E-state index contributed by atoms with van der Waals surface area (Å²) in [4.78, 5) is 0.178. The second kappa shape index (κ2) is 6.99. The van der Waals surface area contributed by atoms with Gasteiger partial charge >= 0.3 is 0 Å². The first kappa shape index (κ1) is 16.1. The fourth-order valence-electron chi connectivity index (χ4n) is 1.38. The highest BCUT2D eigenvalue weighted by atomic mass is 32.2. The largest absolute Gasteiger partial charge is 0.324 e. The van der Waals surface area contributed by atoms with Crippen molar-refractivity contribution in [1.82, 2.24) is 4.72 Å². The summed E-state index contributed by atoms with van der Waals surface area (Å²) in [7, 11) is -4.47. The standard InChI is InChI=1S/C11H19N3O3S2/c1-9(18(2)15)7-8-13-19(16,17)11-5-3-10(14-12)4-6-11/h3-6,9,13-14H,7-8,12H2,1-2H3. The van der Waals surface area contributed by atoms with Crippen molar-refractivity contribution in [1.29, 1.82) is 0 Å². The smallest absolute Gasteiger partial charge is 0.240 e. The molecule has 0 aliphatic heterocycles. The Balaban J connectivity index is 2.62. The second-order valence-corrected chi connectivity index (χ2v) is 7.73. The lowest BCUT2D eigenvalue weighted by Crippen LogP contribution is -2.27. The van der Waals surface area contributed by atoms with Crippen LogP contribution in [0.15, 0.2) is 29.2 Å². The molecule has 2 atom stereocenters. The SMILES string of the molecule is CC(CCNS(=O)(=O)c1ccc(NN)cc1)S(C)=O. The van der Waals surface area contributed by atoms with Crippen LogP contribution in [0.3, 0.4) is 0 Å². The minimum Gasteiger partial charge on any atom is -0.324 e. The van der Waals surface area contributed by atoms with E-state index in [-0.39, 0.29) is 16.7 Å². The Bertz CT molecular complexity index is 529. The lowest BCUT2D eigenvalue weighted by atomic mass is 10.3. The van der Waals surface area contributed by atoms with Crippen molar-refractivity contribution in [3.05, 3.63) is 24.3 Å². The van der Waals surface area contributed by atoms with E-state index in [0.717, 1.165) is 0 Å². The Labute approximate surface area is 116 Å². The predicted octanol–water partition coefficient (Wildman–Crippen LogP) is 0.408. The van der Waals surface area contributed by atoms with Crippen molar-refractivity contribution in [2.24, 2.45) is 5.84 Å². The van der Waals surface area contributed by atoms with Crippen LogP contribution in [-0.2, 0) is 20.8 Å². The van der Waals surface area contributed by atoms with E-state index in [4.69, 9.17) is 5.84 Å². The molecule has 0 heterocycles. The lowest BCUT2D eigenvalue weighted by molar-refractivity contribution is 0.578. The zero-order valence-electron chi connectivity index (χ0n) is 10.9. The lowest BCUT2D eigenvalue weighted by Gasteiger charge is -2.10. The van der Waals surface area contributed by atoms with Crippen LogP contribution >= 0.6 is 0 Å². The van der Waals surface area contributed by atoms with Crippen LogP contribution in [0.4, 0.5) is 5.69 Å². The molecule has 1 rings (SSSR count). The van der Waals surface area contributed by atoms with Gasteiger partial charge < -0.3 is 5.43 Å². The molecule has 0 radical (unpaired) electrons. The van der Waals surface area contributed by atoms with E-state index in [0.29, 0.717) is 12.1 Å². The zero-order chi connectivity index (χ0) is 14.5. The van der Waals surface area contributed by atoms with Gasteiger partial charge in [-0.1, -0.05) is 6.92 Å². The predicted molar refractivity (Wildman–Crippen MR) is 77.6 cm³/mol. The van der Waals surface area contributed by atoms with Gasteiger partial charge in [0, 0.05) is 34.5 Å². The Kier molecular flexibility index (Phi) is 5.92. The molecule has 0 fully saturated rings. The summed E-state index contributed by atoms with van der Waals surface area (Å²) < 4.78 is 37.5. The van der Waals surface area contributed by atoms with Crippen LogP contribution in [0.2, 0.25) is 0 Å². The van der Waals surface area contributed by atoms with Gasteiger partial charge in [-0.25, -0.2) is 13.1 Å². The van der Waals surface area contributed by atoms with Crippen molar-refractivity contribution in [2.75, 3.05) is 18.2 Å². The van der Waals surface area contributed by atoms with E-state index in [1.54, 1.807) is 18.4 Å². The molecule has 19 heavy (non-hydrogen) atoms. The third-order valence-electron chi connectivity index (χ3n) is 2.74. The van der Waals surface area contributed by atoms with E-state index in [9.17, 15) is 12.6 Å². The molecule has 0 aliphatic carbocycles. The fourth-order valence-corrected chi connectivity index (χ4v) is 2.87. The number of anilines is 1. The van der Waals surface area contributed by atoms with Gasteiger partial charge in [0.25, 0.3) is 0 Å². The normalized spacial score (nSPS) is 14.9. The van der Waals surface area contributed by atoms with Gasteiger partial charge in [-0.05, 0) is 30.7 Å². The van der Waals surface area contributed by atoms with Gasteiger partial charge in [0.15, 0.2) is 0 Å². The van der Waals surface area contributed by atoms with Crippen molar-refractivity contribution in [3.8, 4) is 0 Å². The fraction of sp³-hybridized carbons (Fsp3) is 0.455. The Hall–Kier alpha value is -0.960. The van der Waals surface area contributed by atoms with Crippen LogP contribution in [0.1, 0.15) is 13.3 Å². The first-order valence-corrected chi connectivity index (χ1v) is 8.86. The summed E-state index contributed by atoms with van der Waals surface area (Å²) in [6, 6.07) is 6.11. The number of nitrogens with one attached hydrogen (secondary N) is 2. The van der Waals surface area contributed by atoms with E-state index >= 15 is 0 Å². The number of hydrogen-bond donors (Lipinski definition) is 3. The number of hydrogen-bond acceptors (Lipinski definition) is 5. The Morgan fingerprint density at radius 2 is 1.89 bits per heavy atom. The molecule has 8 heteroatoms. The van der Waals surface area contributed by atoms with Gasteiger partial charge in [0.2, 0.25) is 10.0 Å². The summed E-state index contributed by atoms with van der Waals surface area (Å²) in [6.07, 6.45) is 2.14. The molecule has 2 unspecified atom stereocenters. The number of hydrazine groups is 1. The molecule has 0 amide bonds. The first-order chi connectivity index (χ1) is 8.86. The molecule has 0 saturated carbocycles. The highest BCUT2D eigenvalue weighted by molar-refractivity contribution is 7.89. The van der Waals surface area contributed by atoms with Crippen molar-refractivity contribution < 1.29 is 12.6 Å². The van der Waals surface area contributed by atoms with E-state index in [1.165, 1.54) is 12.1 Å². The molecule has 0 aliphatic rings. The molecule has 4 N–H and O–H groups in total. The van der Waals surface area contributed by atoms with Gasteiger partial charge in [-0.15, -0.1) is 0 Å². The zero-order valence-corrected chi connectivity index (χ0v) is 12.6. The molecule has 108 valence electrons. The maximum absolute atomic E-state index is 11.9. The highest BCUT2D eigenvalue weighted by Crippen LogP contribution is 2.13. The van der Waals surface area contributed by atoms with Crippen LogP contribution in [0.25, 0.3) is 0 Å². The minimum absolute atomic E-state index is 0.0356. The van der Waals surface area contributed by atoms with Gasteiger partial charge in [-0.2, -0.15) is 0 Å². The summed E-state index contributed by atoms with van der Waals surface area (Å²) in [5.41, 5.74) is 3.06. The van der Waals surface area contributed by atoms with E-state index in [1.807, 2.05) is 6.92 Å². The van der Waals surface area contributed by atoms with Crippen molar-refractivity contribution in [2.45, 2.75) is 23.5 Å². The van der Waals surface area contributed by atoms with E-state index < -0.39 is 20.8 Å². The molecule has 0 aromatic heterocycles. The average molecular weight is 305 g/mol. The summed E-state index contributed by atoms with van der Waals surface area (Å²) in [5, 5.41) is -0.0356. The van der Waals surface area contributed by atoms with Crippen LogP contribution in [0.5, 0.6) is 0 Å². The Morgan fingerprint density at radius 1 is 1.32 bits per heavy atom. The molecular weight excluding hydrogens is 286 g/mol. The van der Waals surface area contributed by atoms with Gasteiger partial charge in [-0.3, -0.25) is 10.1 Å². The molecule has 0 bridgehead atoms. The van der Waals surface area contributed by atoms with E-state index in [2.05, 4.69) is 10.1 Å². The molecule has 0 saturated heterocycles. The summed E-state index contributed by atoms with van der Waals surface area (Å²) in [5.74, 6) is 5.21. The molecule has 0 spiro atoms. The average Bonchev–Trinajstić information content (AvgIpc) is 2.38. The van der Waals surface area contributed by atoms with Crippen molar-refractivity contribution in [3.63, 3.8) is 0 Å². The minimum atomic E-state index is -3.52. The number of rotatable bonds is 7. The number of benzene rings is 1. The quantitative estimate of drug-likeness (QED) is 0.500. The number of sulfonamides is 1. The molecular formula is C11H19N3O3S2. The second-order valence-electron chi connectivity index (χ2n) is 4.16. The summed E-state index contributed by atoms with van der Waals surface area (Å²) >= 11 is 0. The molecule has 1 aromatic rings. The number of nitrogen functional groups attached to an aromatic ring is 1. The molecule has 6 nitrogen and oxygen atoms in total. The number of nitrogens with two attached hydrogens (primary N) is 1. The van der Waals surface area contributed by atoms with Crippen LogP contribution in [0, 0.1) is 0 Å². The highest BCUT2D eigenvalue weighted by Gasteiger charge is 2.14. The van der Waals surface area contributed by atoms with Gasteiger partial charge in [0.1, 0.15) is 0 Å². The Morgan fingerprint density at radius 3 is 2.37 bits per heavy atom. The maximum atomic E-state index is 11.9. The monoisotopic (exact) mass is 305 g/mol. The first-order valence-electron chi connectivity index (χ1n) is 5.75.